The highest BCUT2D eigenvalue weighted by Crippen LogP contribution is 2.40. The number of halogens is 5. The summed E-state index contributed by atoms with van der Waals surface area (Å²) < 4.78 is 71.9. The van der Waals surface area contributed by atoms with Crippen LogP contribution in [0.2, 0.25) is 0 Å². The predicted octanol–water partition coefficient (Wildman–Crippen LogP) is 6.51. The zero-order valence-corrected chi connectivity index (χ0v) is 25.2. The molecule has 1 saturated carbocycles. The summed E-state index contributed by atoms with van der Waals surface area (Å²) >= 11 is 1.26. The van der Waals surface area contributed by atoms with Crippen LogP contribution in [0, 0.1) is 0 Å². The molecule has 1 aromatic carbocycles. The van der Waals surface area contributed by atoms with Gasteiger partial charge in [-0.05, 0) is 44.4 Å². The molecule has 14 heteroatoms. The molecule has 0 unspecified atom stereocenters. The van der Waals surface area contributed by atoms with Gasteiger partial charge in [0.05, 0.1) is 24.0 Å². The molecule has 0 radical (unpaired) electrons. The van der Waals surface area contributed by atoms with Crippen LogP contribution < -0.4 is 9.80 Å². The number of nitrogens with zero attached hydrogens (tertiary/aromatic N) is 6. The molecule has 3 aromatic rings. The summed E-state index contributed by atoms with van der Waals surface area (Å²) in [4.78, 5) is 39.2. The number of hydrogen-bond acceptors (Lipinski definition) is 6. The van der Waals surface area contributed by atoms with Crippen LogP contribution in [0.1, 0.15) is 68.7 Å². The molecule has 44 heavy (non-hydrogen) atoms. The number of thiazole rings is 1. The van der Waals surface area contributed by atoms with Gasteiger partial charge in [0.15, 0.2) is 10.9 Å². The van der Waals surface area contributed by atoms with Gasteiger partial charge in [0.2, 0.25) is 12.3 Å². The van der Waals surface area contributed by atoms with Crippen LogP contribution in [0.5, 0.6) is 0 Å². The fourth-order valence-electron chi connectivity index (χ4n) is 6.16. The Hall–Kier alpha value is -3.39. The van der Waals surface area contributed by atoms with Crippen molar-refractivity contribution < 1.29 is 31.5 Å². The Morgan fingerprint density at radius 1 is 1.20 bits per heavy atom. The number of para-hydroxylation sites is 1. The second-order valence-electron chi connectivity index (χ2n) is 11.5. The topological polar surface area (TPSA) is 74.6 Å². The summed E-state index contributed by atoms with van der Waals surface area (Å²) in [6, 6.07) is 4.43. The molecule has 2 aliphatic rings. The Kier molecular flexibility index (Phi) is 9.68. The Morgan fingerprint density at radius 3 is 2.61 bits per heavy atom. The highest BCUT2D eigenvalue weighted by molar-refractivity contribution is 7.13. The van der Waals surface area contributed by atoms with Crippen molar-refractivity contribution in [2.45, 2.75) is 75.4 Å². The first kappa shape index (κ1) is 32.0. The minimum atomic E-state index is -4.62. The molecule has 238 valence electrons. The quantitative estimate of drug-likeness (QED) is 0.177. The van der Waals surface area contributed by atoms with Gasteiger partial charge in [-0.2, -0.15) is 13.2 Å². The lowest BCUT2D eigenvalue weighted by atomic mass is 10.0. The van der Waals surface area contributed by atoms with E-state index in [1.54, 1.807) is 23.5 Å². The van der Waals surface area contributed by atoms with E-state index in [4.69, 9.17) is 4.98 Å². The maximum atomic E-state index is 14.1. The average molecular weight is 639 g/mol. The molecular weight excluding hydrogens is 603 g/mol. The van der Waals surface area contributed by atoms with Crippen LogP contribution in [-0.2, 0) is 15.8 Å². The first-order valence-electron chi connectivity index (χ1n) is 14.7. The Balaban J connectivity index is 1.50. The summed E-state index contributed by atoms with van der Waals surface area (Å²) in [6.45, 7) is 0.249. The van der Waals surface area contributed by atoms with Gasteiger partial charge < -0.3 is 4.57 Å². The van der Waals surface area contributed by atoms with E-state index < -0.39 is 30.2 Å². The lowest BCUT2D eigenvalue weighted by Gasteiger charge is -2.34. The third-order valence-electron chi connectivity index (χ3n) is 8.42. The largest absolute Gasteiger partial charge is 0.418 e. The number of amides is 2. The van der Waals surface area contributed by atoms with Crippen LogP contribution in [0.3, 0.4) is 0 Å². The van der Waals surface area contributed by atoms with Gasteiger partial charge in [0.25, 0.3) is 5.92 Å². The van der Waals surface area contributed by atoms with Crippen LogP contribution in [0.15, 0.2) is 42.0 Å². The molecule has 2 amide bonds. The molecule has 0 N–H and O–H groups in total. The first-order chi connectivity index (χ1) is 21.0. The molecule has 1 saturated heterocycles. The van der Waals surface area contributed by atoms with Crippen molar-refractivity contribution in [3.8, 4) is 5.69 Å². The van der Waals surface area contributed by atoms with Gasteiger partial charge in [0.1, 0.15) is 5.82 Å². The molecule has 1 atom stereocenters. The Bertz CT molecular complexity index is 1420. The summed E-state index contributed by atoms with van der Waals surface area (Å²) in [5, 5.41) is 2.18. The Morgan fingerprint density at radius 2 is 1.95 bits per heavy atom. The lowest BCUT2D eigenvalue weighted by Crippen LogP contribution is -2.46. The molecule has 3 heterocycles. The number of imidazole rings is 1. The zero-order valence-electron chi connectivity index (χ0n) is 24.3. The van der Waals surface area contributed by atoms with Gasteiger partial charge in [0, 0.05) is 50.0 Å². The van der Waals surface area contributed by atoms with E-state index in [1.807, 2.05) is 0 Å². The van der Waals surface area contributed by atoms with E-state index in [2.05, 4.69) is 4.98 Å². The third-order valence-corrected chi connectivity index (χ3v) is 9.27. The number of alkyl halides is 5. The van der Waals surface area contributed by atoms with Gasteiger partial charge in [-0.1, -0.05) is 25.0 Å². The van der Waals surface area contributed by atoms with Gasteiger partial charge in [-0.15, -0.1) is 11.3 Å². The number of piperidine rings is 1. The van der Waals surface area contributed by atoms with E-state index in [-0.39, 0.29) is 49.1 Å². The smallest absolute Gasteiger partial charge is 0.301 e. The maximum absolute atomic E-state index is 14.1. The minimum Gasteiger partial charge on any atom is -0.301 e. The summed E-state index contributed by atoms with van der Waals surface area (Å²) in [7, 11) is 1.57. The van der Waals surface area contributed by atoms with Gasteiger partial charge in [-0.25, -0.2) is 18.7 Å². The van der Waals surface area contributed by atoms with Crippen LogP contribution in [-0.4, -0.2) is 70.4 Å². The molecule has 0 spiro atoms. The number of aromatic nitrogens is 3. The maximum Gasteiger partial charge on any atom is 0.418 e. The molecule has 5 rings (SSSR count). The van der Waals surface area contributed by atoms with Gasteiger partial charge >= 0.3 is 6.18 Å². The minimum absolute atomic E-state index is 0.0989. The number of carbonyl (C=O) groups excluding carboxylic acids is 2. The van der Waals surface area contributed by atoms with Gasteiger partial charge in [-0.3, -0.25) is 24.3 Å². The van der Waals surface area contributed by atoms with E-state index in [9.17, 15) is 31.5 Å². The second kappa shape index (κ2) is 13.3. The van der Waals surface area contributed by atoms with E-state index in [0.29, 0.717) is 30.3 Å². The number of rotatable bonds is 11. The normalized spacial score (nSPS) is 18.3. The second-order valence-corrected chi connectivity index (χ2v) is 12.4. The number of anilines is 2. The summed E-state index contributed by atoms with van der Waals surface area (Å²) in [5.74, 6) is -2.75. The van der Waals surface area contributed by atoms with E-state index in [0.717, 1.165) is 31.7 Å². The molecule has 8 nitrogen and oxygen atoms in total. The van der Waals surface area contributed by atoms with Crippen LogP contribution >= 0.6 is 11.3 Å². The van der Waals surface area contributed by atoms with E-state index in [1.165, 1.54) is 50.1 Å². The van der Waals surface area contributed by atoms with Crippen LogP contribution in [0.4, 0.5) is 32.9 Å². The molecule has 2 fully saturated rings. The van der Waals surface area contributed by atoms with E-state index >= 15 is 0 Å². The molecular formula is C30H35F5N6O2S. The Labute approximate surface area is 256 Å². The van der Waals surface area contributed by atoms with Crippen molar-refractivity contribution in [3.63, 3.8) is 0 Å². The van der Waals surface area contributed by atoms with Crippen molar-refractivity contribution in [1.29, 1.82) is 0 Å². The van der Waals surface area contributed by atoms with Crippen molar-refractivity contribution in [3.05, 3.63) is 53.4 Å². The highest BCUT2D eigenvalue weighted by atomic mass is 32.1. The average Bonchev–Trinajstić information content (AvgIpc) is 3.77. The van der Waals surface area contributed by atoms with Crippen LogP contribution in [0.25, 0.3) is 5.69 Å². The molecule has 2 aromatic heterocycles. The summed E-state index contributed by atoms with van der Waals surface area (Å²) in [6.07, 6.45) is 2.34. The molecule has 1 aliphatic carbocycles. The number of likely N-dealkylation sites (tertiary alicyclic amines) is 1. The number of hydrogen-bond donors (Lipinski definition) is 0. The fraction of sp³-hybridized carbons (Fsp3) is 0.533. The summed E-state index contributed by atoms with van der Waals surface area (Å²) in [5.41, 5.74) is -0.929. The SMILES string of the molecule is CN(C(=O)C[C@H](CCN1CCCC(F)(F)C1)N(C=O)c1cn(-c2ccccc2C(F)(F)F)c(C2CCCC2)n1)c1nccs1. The van der Waals surface area contributed by atoms with Crippen molar-refractivity contribution in [1.82, 2.24) is 19.4 Å². The highest BCUT2D eigenvalue weighted by Gasteiger charge is 2.37. The molecule has 0 bridgehead atoms. The monoisotopic (exact) mass is 638 g/mol. The first-order valence-corrected chi connectivity index (χ1v) is 15.6. The fourth-order valence-corrected chi connectivity index (χ4v) is 6.78. The van der Waals surface area contributed by atoms with Crippen molar-refractivity contribution in [2.24, 2.45) is 0 Å². The lowest BCUT2D eigenvalue weighted by molar-refractivity contribution is -0.137. The predicted molar refractivity (Wildman–Crippen MR) is 157 cm³/mol. The number of carbonyl (C=O) groups is 2. The zero-order chi connectivity index (χ0) is 31.5. The number of benzene rings is 1. The van der Waals surface area contributed by atoms with Crippen molar-refractivity contribution >= 4 is 34.6 Å². The standard InChI is InChI=1S/C30H35F5N6O2S/c1-38(28-36-13-16-44-28)26(43)17-22(11-15-39-14-6-12-29(31,32)19-39)41(20-42)25-18-40(27(37-25)21-7-2-3-8-21)24-10-5-4-9-23(24)30(33,34)35/h4-5,9-10,13,16,18,20-22H,2-3,6-8,11-12,14-15,17,19H2,1H3/t22-/m0/s1. The van der Waals surface area contributed by atoms with Crippen molar-refractivity contribution in [2.75, 3.05) is 36.5 Å². The third kappa shape index (κ3) is 7.28. The molecule has 1 aliphatic heterocycles.